The molecule has 2 aliphatic heterocycles. The van der Waals surface area contributed by atoms with Crippen LogP contribution in [0.2, 0.25) is 0 Å². The van der Waals surface area contributed by atoms with Crippen LogP contribution in [0.3, 0.4) is 0 Å². The highest BCUT2D eigenvalue weighted by molar-refractivity contribution is 5.94. The van der Waals surface area contributed by atoms with Gasteiger partial charge in [0.05, 0.1) is 12.6 Å². The third-order valence-corrected chi connectivity index (χ3v) is 6.61. The fourth-order valence-corrected chi connectivity index (χ4v) is 4.68. The van der Waals surface area contributed by atoms with Crippen molar-refractivity contribution in [1.29, 1.82) is 0 Å². The Labute approximate surface area is 210 Å². The molecule has 2 heterocycles. The quantitative estimate of drug-likeness (QED) is 0.509. The SMILES string of the molecule is CCOc1ccc(C(=O)NC[C@H](c2ccc3c(c2)OCO3)N2CCN(c3ccc(F)cc3)CC2)cc1. The number of ether oxygens (including phenoxy) is 3. The molecule has 7 nitrogen and oxygen atoms in total. The van der Waals surface area contributed by atoms with Crippen LogP contribution in [0.25, 0.3) is 0 Å². The van der Waals surface area contributed by atoms with Crippen LogP contribution in [0.1, 0.15) is 28.9 Å². The Bertz CT molecular complexity index is 1180. The van der Waals surface area contributed by atoms with Crippen LogP contribution in [0.15, 0.2) is 66.7 Å². The van der Waals surface area contributed by atoms with E-state index in [1.165, 1.54) is 12.1 Å². The fraction of sp³-hybridized carbons (Fsp3) is 0.321. The Kier molecular flexibility index (Phi) is 7.23. The molecule has 1 saturated heterocycles. The van der Waals surface area contributed by atoms with Crippen LogP contribution >= 0.6 is 0 Å². The lowest BCUT2D eigenvalue weighted by molar-refractivity contribution is 0.0930. The van der Waals surface area contributed by atoms with Gasteiger partial charge in [-0.25, -0.2) is 4.39 Å². The molecule has 0 bridgehead atoms. The van der Waals surface area contributed by atoms with E-state index in [4.69, 9.17) is 14.2 Å². The maximum absolute atomic E-state index is 13.3. The van der Waals surface area contributed by atoms with E-state index in [2.05, 4.69) is 15.1 Å². The molecule has 3 aromatic carbocycles. The van der Waals surface area contributed by atoms with Crippen LogP contribution in [0, 0.1) is 5.82 Å². The van der Waals surface area contributed by atoms with E-state index in [1.807, 2.05) is 49.4 Å². The number of nitrogens with one attached hydrogen (secondary N) is 1. The summed E-state index contributed by atoms with van der Waals surface area (Å²) in [5, 5.41) is 3.11. The minimum absolute atomic E-state index is 0.0403. The highest BCUT2D eigenvalue weighted by Crippen LogP contribution is 2.36. The highest BCUT2D eigenvalue weighted by Gasteiger charge is 2.27. The van der Waals surface area contributed by atoms with Gasteiger partial charge in [0.15, 0.2) is 11.5 Å². The molecular formula is C28H30FN3O4. The zero-order valence-corrected chi connectivity index (χ0v) is 20.3. The number of hydrogen-bond acceptors (Lipinski definition) is 6. The molecular weight excluding hydrogens is 461 g/mol. The number of halogens is 1. The van der Waals surface area contributed by atoms with E-state index in [-0.39, 0.29) is 24.6 Å². The molecule has 0 unspecified atom stereocenters. The van der Waals surface area contributed by atoms with Gasteiger partial charge in [0.1, 0.15) is 11.6 Å². The molecule has 0 aromatic heterocycles. The van der Waals surface area contributed by atoms with Gasteiger partial charge < -0.3 is 24.4 Å². The van der Waals surface area contributed by atoms with Crippen LogP contribution in [-0.4, -0.2) is 56.9 Å². The summed E-state index contributed by atoms with van der Waals surface area (Å²) >= 11 is 0. The van der Waals surface area contributed by atoms with Gasteiger partial charge in [0.25, 0.3) is 5.91 Å². The molecule has 1 atom stereocenters. The number of rotatable bonds is 8. The lowest BCUT2D eigenvalue weighted by atomic mass is 10.0. The molecule has 1 amide bonds. The van der Waals surface area contributed by atoms with Gasteiger partial charge in [-0.2, -0.15) is 0 Å². The summed E-state index contributed by atoms with van der Waals surface area (Å²) in [4.78, 5) is 17.6. The number of piperazine rings is 1. The molecule has 0 aliphatic carbocycles. The summed E-state index contributed by atoms with van der Waals surface area (Å²) in [6.45, 7) is 6.38. The molecule has 0 saturated carbocycles. The van der Waals surface area contributed by atoms with Gasteiger partial charge in [0, 0.05) is 44.0 Å². The predicted octanol–water partition coefficient (Wildman–Crippen LogP) is 4.25. The number of benzene rings is 3. The van der Waals surface area contributed by atoms with Crippen molar-refractivity contribution in [2.75, 3.05) is 51.0 Å². The first-order valence-electron chi connectivity index (χ1n) is 12.3. The largest absolute Gasteiger partial charge is 0.494 e. The molecule has 188 valence electrons. The Morgan fingerprint density at radius 3 is 2.42 bits per heavy atom. The molecule has 2 aliphatic rings. The maximum atomic E-state index is 13.3. The van der Waals surface area contributed by atoms with Crippen molar-refractivity contribution in [1.82, 2.24) is 10.2 Å². The topological polar surface area (TPSA) is 63.3 Å². The van der Waals surface area contributed by atoms with Crippen LogP contribution in [-0.2, 0) is 0 Å². The van der Waals surface area contributed by atoms with Crippen LogP contribution in [0.5, 0.6) is 17.2 Å². The fourth-order valence-electron chi connectivity index (χ4n) is 4.68. The Hall–Kier alpha value is -3.78. The second-order valence-corrected chi connectivity index (χ2v) is 8.80. The number of carbonyl (C=O) groups is 1. The predicted molar refractivity (Wildman–Crippen MR) is 135 cm³/mol. The molecule has 1 N–H and O–H groups in total. The Morgan fingerprint density at radius 2 is 1.69 bits per heavy atom. The molecule has 3 aromatic rings. The number of fused-ring (bicyclic) bond motifs is 1. The highest BCUT2D eigenvalue weighted by atomic mass is 19.1. The third-order valence-electron chi connectivity index (χ3n) is 6.61. The van der Waals surface area contributed by atoms with Crippen molar-refractivity contribution in [2.24, 2.45) is 0 Å². The number of carbonyl (C=O) groups excluding carboxylic acids is 1. The minimum atomic E-state index is -0.233. The third kappa shape index (κ3) is 5.39. The Balaban J connectivity index is 1.29. The number of hydrogen-bond donors (Lipinski definition) is 1. The second kappa shape index (κ2) is 10.9. The van der Waals surface area contributed by atoms with Gasteiger partial charge in [-0.1, -0.05) is 6.07 Å². The average Bonchev–Trinajstić information content (AvgIpc) is 3.38. The molecule has 1 fully saturated rings. The van der Waals surface area contributed by atoms with Crippen LogP contribution < -0.4 is 24.4 Å². The van der Waals surface area contributed by atoms with E-state index in [1.54, 1.807) is 12.1 Å². The first-order valence-corrected chi connectivity index (χ1v) is 12.3. The van der Waals surface area contributed by atoms with Gasteiger partial charge in [-0.3, -0.25) is 9.69 Å². The summed E-state index contributed by atoms with van der Waals surface area (Å²) in [7, 11) is 0. The summed E-state index contributed by atoms with van der Waals surface area (Å²) in [5.41, 5.74) is 2.66. The van der Waals surface area contributed by atoms with E-state index >= 15 is 0 Å². The van der Waals surface area contributed by atoms with Crippen molar-refractivity contribution in [2.45, 2.75) is 13.0 Å². The lowest BCUT2D eigenvalue weighted by Gasteiger charge is -2.40. The van der Waals surface area contributed by atoms with Gasteiger partial charge in [-0.15, -0.1) is 0 Å². The monoisotopic (exact) mass is 491 g/mol. The number of anilines is 1. The standard InChI is InChI=1S/C28H30FN3O4/c1-2-34-24-10-3-20(4-11-24)28(33)30-18-25(21-5-12-26-27(17-21)36-19-35-26)32-15-13-31(14-16-32)23-8-6-22(29)7-9-23/h3-12,17,25H,2,13-16,18-19H2,1H3,(H,30,33)/t25-/m1/s1. The molecule has 0 spiro atoms. The van der Waals surface area contributed by atoms with Gasteiger partial charge in [-0.05, 0) is 73.2 Å². The van der Waals surface area contributed by atoms with E-state index in [0.717, 1.165) is 54.7 Å². The van der Waals surface area contributed by atoms with E-state index < -0.39 is 0 Å². The molecule has 36 heavy (non-hydrogen) atoms. The van der Waals surface area contributed by atoms with Crippen molar-refractivity contribution in [3.05, 3.63) is 83.7 Å². The smallest absolute Gasteiger partial charge is 0.251 e. The minimum Gasteiger partial charge on any atom is -0.494 e. The summed E-state index contributed by atoms with van der Waals surface area (Å²) < 4.78 is 29.9. The summed E-state index contributed by atoms with van der Waals surface area (Å²) in [6.07, 6.45) is 0. The first kappa shape index (κ1) is 23.9. The first-order chi connectivity index (χ1) is 17.6. The van der Waals surface area contributed by atoms with Crippen molar-refractivity contribution >= 4 is 11.6 Å². The molecule has 5 rings (SSSR count). The second-order valence-electron chi connectivity index (χ2n) is 8.80. The normalized spacial score (nSPS) is 16.0. The van der Waals surface area contributed by atoms with Gasteiger partial charge >= 0.3 is 0 Å². The van der Waals surface area contributed by atoms with Crippen molar-refractivity contribution in [3.63, 3.8) is 0 Å². The summed E-state index contributed by atoms with van der Waals surface area (Å²) in [5.74, 6) is 1.83. The Morgan fingerprint density at radius 1 is 0.972 bits per heavy atom. The molecule has 8 heteroatoms. The number of nitrogens with zero attached hydrogens (tertiary/aromatic N) is 2. The van der Waals surface area contributed by atoms with Crippen LogP contribution in [0.4, 0.5) is 10.1 Å². The zero-order valence-electron chi connectivity index (χ0n) is 20.3. The van der Waals surface area contributed by atoms with Gasteiger partial charge in [0.2, 0.25) is 6.79 Å². The lowest BCUT2D eigenvalue weighted by Crippen LogP contribution is -2.50. The van der Waals surface area contributed by atoms with E-state index in [0.29, 0.717) is 18.7 Å². The maximum Gasteiger partial charge on any atom is 0.251 e. The zero-order chi connectivity index (χ0) is 24.9. The van der Waals surface area contributed by atoms with E-state index in [9.17, 15) is 9.18 Å². The van der Waals surface area contributed by atoms with Crippen molar-refractivity contribution < 1.29 is 23.4 Å². The average molecular weight is 492 g/mol. The van der Waals surface area contributed by atoms with Crippen molar-refractivity contribution in [3.8, 4) is 17.2 Å². The summed E-state index contributed by atoms with van der Waals surface area (Å²) in [6, 6.07) is 19.7. The number of amides is 1. The molecule has 0 radical (unpaired) electrons.